The van der Waals surface area contributed by atoms with Crippen molar-refractivity contribution in [3.63, 3.8) is 0 Å². The molecule has 1 fully saturated rings. The molecule has 0 bridgehead atoms. The molecule has 2 N–H and O–H groups in total. The number of carbonyl (C=O) groups excluding carboxylic acids is 1. The lowest BCUT2D eigenvalue weighted by atomic mass is 9.90. The van der Waals surface area contributed by atoms with Crippen LogP contribution in [0.3, 0.4) is 0 Å². The molecule has 1 saturated carbocycles. The van der Waals surface area contributed by atoms with E-state index in [4.69, 9.17) is 5.73 Å². The average molecular weight is 155 g/mol. The van der Waals surface area contributed by atoms with Gasteiger partial charge in [0, 0.05) is 18.9 Å². The van der Waals surface area contributed by atoms with E-state index in [0.717, 1.165) is 19.3 Å². The number of nitrogens with two attached hydrogens (primary N) is 1. The van der Waals surface area contributed by atoms with Gasteiger partial charge in [0.1, 0.15) is 5.78 Å². The van der Waals surface area contributed by atoms with Crippen LogP contribution in [0.5, 0.6) is 0 Å². The smallest absolute Gasteiger partial charge is 0.137 e. The number of Topliss-reactive ketones (excluding diaryl/α,β-unsaturated/α-hetero) is 1. The second-order valence-corrected chi connectivity index (χ2v) is 3.35. The third-order valence-corrected chi connectivity index (χ3v) is 2.47. The molecule has 0 aromatic heterocycles. The van der Waals surface area contributed by atoms with Gasteiger partial charge in [-0.05, 0) is 12.8 Å². The van der Waals surface area contributed by atoms with Crippen molar-refractivity contribution in [3.05, 3.63) is 0 Å². The monoisotopic (exact) mass is 155 g/mol. The highest BCUT2D eigenvalue weighted by Gasteiger charge is 2.17. The van der Waals surface area contributed by atoms with Gasteiger partial charge in [-0.15, -0.1) is 0 Å². The summed E-state index contributed by atoms with van der Waals surface area (Å²) < 4.78 is 0. The van der Waals surface area contributed by atoms with E-state index in [2.05, 4.69) is 0 Å². The third-order valence-electron chi connectivity index (χ3n) is 2.47. The van der Waals surface area contributed by atoms with E-state index in [1.54, 1.807) is 0 Å². The number of ketones is 1. The van der Waals surface area contributed by atoms with Crippen LogP contribution in [0.2, 0.25) is 0 Å². The molecule has 0 spiro atoms. The number of rotatable bonds is 1. The van der Waals surface area contributed by atoms with Crippen LogP contribution in [0, 0.1) is 5.92 Å². The second kappa shape index (κ2) is 4.50. The Morgan fingerprint density at radius 3 is 2.73 bits per heavy atom. The highest BCUT2D eigenvalue weighted by atomic mass is 16.1. The second-order valence-electron chi connectivity index (χ2n) is 3.35. The maximum absolute atomic E-state index is 11.3. The Balaban J connectivity index is 2.39. The Morgan fingerprint density at radius 2 is 2.00 bits per heavy atom. The molecule has 1 atom stereocenters. The lowest BCUT2D eigenvalue weighted by Crippen LogP contribution is -2.24. The largest absolute Gasteiger partial charge is 0.330 e. The molecule has 1 aliphatic rings. The summed E-state index contributed by atoms with van der Waals surface area (Å²) in [4.78, 5) is 11.3. The van der Waals surface area contributed by atoms with Gasteiger partial charge in [0.2, 0.25) is 0 Å². The Labute approximate surface area is 68.2 Å². The molecule has 0 aliphatic heterocycles. The molecule has 1 unspecified atom stereocenters. The van der Waals surface area contributed by atoms with E-state index in [1.165, 1.54) is 19.3 Å². The van der Waals surface area contributed by atoms with E-state index in [9.17, 15) is 4.79 Å². The van der Waals surface area contributed by atoms with Crippen LogP contribution in [0.4, 0.5) is 0 Å². The van der Waals surface area contributed by atoms with Crippen molar-refractivity contribution in [2.24, 2.45) is 11.7 Å². The van der Waals surface area contributed by atoms with Crippen molar-refractivity contribution >= 4 is 5.78 Å². The predicted molar refractivity (Wildman–Crippen MR) is 45.3 cm³/mol. The molecule has 1 rings (SSSR count). The first-order valence-corrected chi connectivity index (χ1v) is 4.57. The first kappa shape index (κ1) is 8.72. The lowest BCUT2D eigenvalue weighted by Gasteiger charge is -2.15. The minimum Gasteiger partial charge on any atom is -0.330 e. The van der Waals surface area contributed by atoms with Crippen LogP contribution >= 0.6 is 0 Å². The summed E-state index contributed by atoms with van der Waals surface area (Å²) in [5.41, 5.74) is 5.49. The van der Waals surface area contributed by atoms with E-state index in [0.29, 0.717) is 12.3 Å². The summed E-state index contributed by atoms with van der Waals surface area (Å²) >= 11 is 0. The van der Waals surface area contributed by atoms with Crippen molar-refractivity contribution in [3.8, 4) is 0 Å². The summed E-state index contributed by atoms with van der Waals surface area (Å²) in [6.45, 7) is 0.554. The number of carbonyl (C=O) groups is 1. The topological polar surface area (TPSA) is 43.1 Å². The average Bonchev–Trinajstić information content (AvgIpc) is 1.98. The minimum absolute atomic E-state index is 0.176. The summed E-state index contributed by atoms with van der Waals surface area (Å²) in [6.07, 6.45) is 6.56. The SMILES string of the molecule is NCC1CCCCCCC1=O. The van der Waals surface area contributed by atoms with Crippen molar-refractivity contribution in [2.45, 2.75) is 38.5 Å². The maximum atomic E-state index is 11.3. The van der Waals surface area contributed by atoms with Gasteiger partial charge < -0.3 is 5.73 Å². The lowest BCUT2D eigenvalue weighted by molar-refractivity contribution is -0.123. The summed E-state index contributed by atoms with van der Waals surface area (Å²) in [7, 11) is 0. The van der Waals surface area contributed by atoms with Crippen molar-refractivity contribution in [1.29, 1.82) is 0 Å². The third kappa shape index (κ3) is 2.62. The van der Waals surface area contributed by atoms with Gasteiger partial charge in [-0.25, -0.2) is 0 Å². The van der Waals surface area contributed by atoms with Gasteiger partial charge in [-0.1, -0.05) is 19.3 Å². The van der Waals surface area contributed by atoms with Gasteiger partial charge in [-0.3, -0.25) is 4.79 Å². The van der Waals surface area contributed by atoms with Crippen LogP contribution in [-0.2, 0) is 4.79 Å². The molecule has 0 amide bonds. The molecule has 2 nitrogen and oxygen atoms in total. The Kier molecular flexibility index (Phi) is 3.57. The van der Waals surface area contributed by atoms with Crippen LogP contribution in [-0.4, -0.2) is 12.3 Å². The fourth-order valence-corrected chi connectivity index (χ4v) is 1.66. The van der Waals surface area contributed by atoms with Crippen LogP contribution in [0.15, 0.2) is 0 Å². The quantitative estimate of drug-likeness (QED) is 0.623. The first-order valence-electron chi connectivity index (χ1n) is 4.57. The molecule has 1 aliphatic carbocycles. The predicted octanol–water partition coefficient (Wildman–Crippen LogP) is 1.48. The van der Waals surface area contributed by atoms with Crippen LogP contribution < -0.4 is 5.73 Å². The standard InChI is InChI=1S/C9H17NO/c10-7-8-5-3-1-2-4-6-9(8)11/h8H,1-7,10H2. The molecule has 0 aromatic carbocycles. The van der Waals surface area contributed by atoms with Crippen molar-refractivity contribution in [1.82, 2.24) is 0 Å². The molecule has 2 heteroatoms. The van der Waals surface area contributed by atoms with Gasteiger partial charge >= 0.3 is 0 Å². The van der Waals surface area contributed by atoms with E-state index >= 15 is 0 Å². The maximum Gasteiger partial charge on any atom is 0.137 e. The normalized spacial score (nSPS) is 27.7. The fraction of sp³-hybridized carbons (Fsp3) is 0.889. The Morgan fingerprint density at radius 1 is 1.27 bits per heavy atom. The zero-order valence-corrected chi connectivity index (χ0v) is 7.01. The summed E-state index contributed by atoms with van der Waals surface area (Å²) in [5, 5.41) is 0. The van der Waals surface area contributed by atoms with Crippen LogP contribution in [0.25, 0.3) is 0 Å². The highest BCUT2D eigenvalue weighted by Crippen LogP contribution is 2.18. The summed E-state index contributed by atoms with van der Waals surface area (Å²) in [5.74, 6) is 0.572. The van der Waals surface area contributed by atoms with E-state index in [1.807, 2.05) is 0 Å². The highest BCUT2D eigenvalue weighted by molar-refractivity contribution is 5.81. The molecule has 0 saturated heterocycles. The van der Waals surface area contributed by atoms with E-state index in [-0.39, 0.29) is 5.92 Å². The summed E-state index contributed by atoms with van der Waals surface area (Å²) in [6, 6.07) is 0. The molecule has 0 heterocycles. The van der Waals surface area contributed by atoms with Gasteiger partial charge in [-0.2, -0.15) is 0 Å². The van der Waals surface area contributed by atoms with Crippen molar-refractivity contribution < 1.29 is 4.79 Å². The molecular formula is C9H17NO. The zero-order chi connectivity index (χ0) is 8.10. The van der Waals surface area contributed by atoms with Gasteiger partial charge in [0.25, 0.3) is 0 Å². The molecule has 0 radical (unpaired) electrons. The molecular weight excluding hydrogens is 138 g/mol. The molecule has 11 heavy (non-hydrogen) atoms. The first-order chi connectivity index (χ1) is 5.34. The number of hydrogen-bond donors (Lipinski definition) is 1. The number of hydrogen-bond acceptors (Lipinski definition) is 2. The van der Waals surface area contributed by atoms with Crippen LogP contribution in [0.1, 0.15) is 38.5 Å². The van der Waals surface area contributed by atoms with Crippen molar-refractivity contribution in [2.75, 3.05) is 6.54 Å². The minimum atomic E-state index is 0.176. The Hall–Kier alpha value is -0.370. The molecule has 64 valence electrons. The Bertz CT molecular complexity index is 134. The van der Waals surface area contributed by atoms with E-state index < -0.39 is 0 Å². The fourth-order valence-electron chi connectivity index (χ4n) is 1.66. The van der Waals surface area contributed by atoms with Gasteiger partial charge in [0.15, 0.2) is 0 Å². The molecule has 0 aromatic rings. The zero-order valence-electron chi connectivity index (χ0n) is 7.01. The van der Waals surface area contributed by atoms with Gasteiger partial charge in [0.05, 0.1) is 0 Å².